The number of sulfonamides is 1. The number of nitrogens with one attached hydrogen (secondary N) is 1. The second kappa shape index (κ2) is 8.08. The Hall–Kier alpha value is -1.76. The van der Waals surface area contributed by atoms with Crippen LogP contribution in [0, 0.1) is 20.8 Å². The number of ether oxygens (including phenoxy) is 2. The Morgan fingerprint density at radius 3 is 2.28 bits per heavy atom. The molecule has 0 heterocycles. The van der Waals surface area contributed by atoms with E-state index in [4.69, 9.17) is 21.1 Å². The molecule has 0 radical (unpaired) electrons. The van der Waals surface area contributed by atoms with Crippen LogP contribution in [-0.4, -0.2) is 28.7 Å². The van der Waals surface area contributed by atoms with Crippen molar-refractivity contribution in [2.24, 2.45) is 0 Å². The van der Waals surface area contributed by atoms with Crippen molar-refractivity contribution in [2.75, 3.05) is 20.3 Å². The van der Waals surface area contributed by atoms with E-state index in [9.17, 15) is 8.42 Å². The van der Waals surface area contributed by atoms with E-state index in [-0.39, 0.29) is 23.1 Å². The van der Waals surface area contributed by atoms with Gasteiger partial charge in [-0.2, -0.15) is 0 Å². The molecule has 0 saturated carbocycles. The van der Waals surface area contributed by atoms with Crippen molar-refractivity contribution < 1.29 is 17.9 Å². The quantitative estimate of drug-likeness (QED) is 0.741. The molecule has 7 heteroatoms. The normalized spacial score (nSPS) is 11.4. The Balaban J connectivity index is 1.98. The number of rotatable bonds is 7. The summed E-state index contributed by atoms with van der Waals surface area (Å²) in [6, 6.07) is 8.39. The van der Waals surface area contributed by atoms with Gasteiger partial charge in [0.05, 0.1) is 17.0 Å². The molecule has 0 saturated heterocycles. The van der Waals surface area contributed by atoms with Crippen molar-refractivity contribution in [3.8, 4) is 11.5 Å². The van der Waals surface area contributed by atoms with Gasteiger partial charge in [-0.25, -0.2) is 13.1 Å². The first-order chi connectivity index (χ1) is 11.7. The van der Waals surface area contributed by atoms with E-state index in [1.54, 1.807) is 0 Å². The number of halogens is 1. The van der Waals surface area contributed by atoms with Crippen LogP contribution in [0.2, 0.25) is 5.02 Å². The number of hydrogen-bond donors (Lipinski definition) is 1. The molecule has 136 valence electrons. The van der Waals surface area contributed by atoms with E-state index < -0.39 is 10.0 Å². The molecule has 0 aliphatic heterocycles. The highest BCUT2D eigenvalue weighted by molar-refractivity contribution is 7.89. The molecule has 0 bridgehead atoms. The molecule has 0 aromatic heterocycles. The fourth-order valence-electron chi connectivity index (χ4n) is 2.62. The van der Waals surface area contributed by atoms with Crippen LogP contribution in [0.5, 0.6) is 11.5 Å². The summed E-state index contributed by atoms with van der Waals surface area (Å²) in [5.74, 6) is 1.21. The van der Waals surface area contributed by atoms with E-state index in [1.807, 2.05) is 32.9 Å². The third kappa shape index (κ3) is 4.87. The van der Waals surface area contributed by atoms with Crippen LogP contribution >= 0.6 is 11.6 Å². The summed E-state index contributed by atoms with van der Waals surface area (Å²) in [6.07, 6.45) is 0. The van der Waals surface area contributed by atoms with E-state index in [0.717, 1.165) is 16.9 Å². The highest BCUT2D eigenvalue weighted by Gasteiger charge is 2.16. The minimum absolute atomic E-state index is 0.0843. The van der Waals surface area contributed by atoms with Crippen molar-refractivity contribution in [2.45, 2.75) is 25.7 Å². The Morgan fingerprint density at radius 1 is 1.08 bits per heavy atom. The summed E-state index contributed by atoms with van der Waals surface area (Å²) in [4.78, 5) is 0.0843. The Labute approximate surface area is 154 Å². The lowest BCUT2D eigenvalue weighted by Crippen LogP contribution is -2.28. The monoisotopic (exact) mass is 383 g/mol. The molecule has 1 N–H and O–H groups in total. The standard InChI is InChI=1S/C18H22ClNO4S/c1-12-9-13(2)18(14(3)10-12)24-8-7-20-25(21,22)15-5-6-17(23-4)16(19)11-15/h5-6,9-11,20H,7-8H2,1-4H3. The number of benzene rings is 2. The van der Waals surface area contributed by atoms with E-state index in [2.05, 4.69) is 4.72 Å². The molecule has 2 rings (SSSR count). The fraction of sp³-hybridized carbons (Fsp3) is 0.333. The first kappa shape index (κ1) is 19.6. The first-order valence-electron chi connectivity index (χ1n) is 7.78. The molecule has 2 aromatic rings. The van der Waals surface area contributed by atoms with E-state index in [0.29, 0.717) is 5.75 Å². The molecule has 5 nitrogen and oxygen atoms in total. The molecule has 0 unspecified atom stereocenters. The van der Waals surface area contributed by atoms with Gasteiger partial charge in [-0.05, 0) is 50.1 Å². The third-order valence-corrected chi connectivity index (χ3v) is 5.43. The van der Waals surface area contributed by atoms with Gasteiger partial charge in [0, 0.05) is 6.54 Å². The van der Waals surface area contributed by atoms with Crippen LogP contribution in [-0.2, 0) is 10.0 Å². The Morgan fingerprint density at radius 2 is 1.72 bits per heavy atom. The summed E-state index contributed by atoms with van der Waals surface area (Å²) in [5, 5.41) is 0.243. The van der Waals surface area contributed by atoms with Gasteiger partial charge >= 0.3 is 0 Å². The number of aryl methyl sites for hydroxylation is 3. The highest BCUT2D eigenvalue weighted by Crippen LogP contribution is 2.27. The average Bonchev–Trinajstić information content (AvgIpc) is 2.53. The maximum atomic E-state index is 12.3. The summed E-state index contributed by atoms with van der Waals surface area (Å²) in [5.41, 5.74) is 3.23. The van der Waals surface area contributed by atoms with Crippen LogP contribution in [0.3, 0.4) is 0 Å². The largest absolute Gasteiger partial charge is 0.495 e. The molecule has 0 aliphatic carbocycles. The van der Waals surface area contributed by atoms with E-state index in [1.165, 1.54) is 30.9 Å². The number of methoxy groups -OCH3 is 1. The maximum absolute atomic E-state index is 12.3. The summed E-state index contributed by atoms with van der Waals surface area (Å²) >= 11 is 5.98. The lowest BCUT2D eigenvalue weighted by molar-refractivity contribution is 0.318. The molecule has 0 spiro atoms. The SMILES string of the molecule is COc1ccc(S(=O)(=O)NCCOc2c(C)cc(C)cc2C)cc1Cl. The van der Waals surface area contributed by atoms with Gasteiger partial charge in [0.25, 0.3) is 0 Å². The molecule has 25 heavy (non-hydrogen) atoms. The van der Waals surface area contributed by atoms with Gasteiger partial charge in [-0.3, -0.25) is 0 Å². The summed E-state index contributed by atoms with van der Waals surface area (Å²) in [7, 11) is -2.19. The zero-order valence-electron chi connectivity index (χ0n) is 14.7. The van der Waals surface area contributed by atoms with Gasteiger partial charge in [0.1, 0.15) is 18.1 Å². The van der Waals surface area contributed by atoms with Gasteiger partial charge < -0.3 is 9.47 Å². The lowest BCUT2D eigenvalue weighted by atomic mass is 10.1. The lowest BCUT2D eigenvalue weighted by Gasteiger charge is -2.14. The van der Waals surface area contributed by atoms with Crippen molar-refractivity contribution in [1.82, 2.24) is 4.72 Å². The minimum atomic E-state index is -3.66. The van der Waals surface area contributed by atoms with Crippen LogP contribution in [0.4, 0.5) is 0 Å². The molecule has 0 atom stereocenters. The predicted octanol–water partition coefficient (Wildman–Crippen LogP) is 3.63. The molecule has 0 amide bonds. The summed E-state index contributed by atoms with van der Waals surface area (Å²) in [6.45, 7) is 6.35. The van der Waals surface area contributed by atoms with Gasteiger partial charge in [0.2, 0.25) is 10.0 Å². The molecular weight excluding hydrogens is 362 g/mol. The fourth-order valence-corrected chi connectivity index (χ4v) is 3.98. The van der Waals surface area contributed by atoms with Gasteiger partial charge in [-0.1, -0.05) is 29.3 Å². The predicted molar refractivity (Wildman–Crippen MR) is 99.3 cm³/mol. The van der Waals surface area contributed by atoms with Crippen molar-refractivity contribution in [1.29, 1.82) is 0 Å². The molecule has 2 aromatic carbocycles. The second-order valence-corrected chi connectivity index (χ2v) is 7.94. The van der Waals surface area contributed by atoms with Crippen molar-refractivity contribution >= 4 is 21.6 Å². The zero-order valence-corrected chi connectivity index (χ0v) is 16.3. The molecule has 0 aliphatic rings. The smallest absolute Gasteiger partial charge is 0.240 e. The summed E-state index contributed by atoms with van der Waals surface area (Å²) < 4.78 is 37.9. The van der Waals surface area contributed by atoms with Crippen molar-refractivity contribution in [3.05, 3.63) is 52.0 Å². The van der Waals surface area contributed by atoms with Crippen LogP contribution in [0.1, 0.15) is 16.7 Å². The minimum Gasteiger partial charge on any atom is -0.495 e. The average molecular weight is 384 g/mol. The first-order valence-corrected chi connectivity index (χ1v) is 9.64. The van der Waals surface area contributed by atoms with Crippen molar-refractivity contribution in [3.63, 3.8) is 0 Å². The van der Waals surface area contributed by atoms with E-state index >= 15 is 0 Å². The maximum Gasteiger partial charge on any atom is 0.240 e. The van der Waals surface area contributed by atoms with Crippen LogP contribution in [0.15, 0.2) is 35.2 Å². The van der Waals surface area contributed by atoms with Crippen LogP contribution in [0.25, 0.3) is 0 Å². The Kier molecular flexibility index (Phi) is 6.32. The topological polar surface area (TPSA) is 64.6 Å². The molecular formula is C18H22ClNO4S. The molecule has 0 fully saturated rings. The highest BCUT2D eigenvalue weighted by atomic mass is 35.5. The second-order valence-electron chi connectivity index (χ2n) is 5.77. The third-order valence-electron chi connectivity index (χ3n) is 3.68. The van der Waals surface area contributed by atoms with Gasteiger partial charge in [0.15, 0.2) is 0 Å². The van der Waals surface area contributed by atoms with Crippen LogP contribution < -0.4 is 14.2 Å². The Bertz CT molecular complexity index is 842. The zero-order chi connectivity index (χ0) is 18.6. The van der Waals surface area contributed by atoms with Gasteiger partial charge in [-0.15, -0.1) is 0 Å². The number of hydrogen-bond acceptors (Lipinski definition) is 4.